The van der Waals surface area contributed by atoms with Gasteiger partial charge in [0, 0.05) is 18.8 Å². The van der Waals surface area contributed by atoms with Gasteiger partial charge in [-0.05, 0) is 36.4 Å². The molecule has 0 spiro atoms. The lowest BCUT2D eigenvalue weighted by atomic mass is 10.1. The van der Waals surface area contributed by atoms with Crippen LogP contribution in [-0.2, 0) is 7.05 Å². The van der Waals surface area contributed by atoms with Gasteiger partial charge in [-0.2, -0.15) is 10.2 Å². The Morgan fingerprint density at radius 3 is 2.36 bits per heavy atom. The average molecular weight is 300 g/mol. The fraction of sp³-hybridized carbons (Fsp3) is 0.188. The first-order valence-corrected chi connectivity index (χ1v) is 6.99. The second-order valence-corrected chi connectivity index (χ2v) is 4.38. The summed E-state index contributed by atoms with van der Waals surface area (Å²) in [6.45, 7) is 4.00. The van der Waals surface area contributed by atoms with Crippen molar-refractivity contribution in [1.29, 1.82) is 0 Å². The van der Waals surface area contributed by atoms with Crippen LogP contribution in [0.15, 0.2) is 47.4 Å². The Morgan fingerprint density at radius 2 is 1.77 bits per heavy atom. The van der Waals surface area contributed by atoms with E-state index in [1.54, 1.807) is 42.2 Å². The molecule has 22 heavy (non-hydrogen) atoms. The molecule has 0 amide bonds. The average Bonchev–Trinajstić information content (AvgIpc) is 2.97. The minimum atomic E-state index is -0.317. The van der Waals surface area contributed by atoms with Crippen molar-refractivity contribution >= 4 is 0 Å². The van der Waals surface area contributed by atoms with Crippen molar-refractivity contribution < 1.29 is 4.39 Å². The summed E-state index contributed by atoms with van der Waals surface area (Å²) in [7, 11) is 1.78. The molecule has 6 heteroatoms. The van der Waals surface area contributed by atoms with Crippen LogP contribution >= 0.6 is 0 Å². The van der Waals surface area contributed by atoms with Crippen molar-refractivity contribution in [1.82, 2.24) is 20.0 Å². The van der Waals surface area contributed by atoms with Crippen molar-refractivity contribution in [2.24, 2.45) is 7.05 Å². The minimum Gasteiger partial charge on any atom is -0.275 e. The van der Waals surface area contributed by atoms with Gasteiger partial charge in [0.2, 0.25) is 0 Å². The van der Waals surface area contributed by atoms with E-state index in [9.17, 15) is 9.18 Å². The molecule has 0 unspecified atom stereocenters. The Balaban J connectivity index is 0.000000847. The van der Waals surface area contributed by atoms with E-state index in [1.165, 1.54) is 12.1 Å². The Bertz CT molecular complexity index is 806. The summed E-state index contributed by atoms with van der Waals surface area (Å²) in [6.07, 6.45) is 1.76. The van der Waals surface area contributed by atoms with E-state index in [0.717, 1.165) is 5.56 Å². The number of rotatable bonds is 2. The van der Waals surface area contributed by atoms with Crippen molar-refractivity contribution in [2.75, 3.05) is 0 Å². The summed E-state index contributed by atoms with van der Waals surface area (Å²) in [5.74, 6) is -0.317. The predicted molar refractivity (Wildman–Crippen MR) is 83.8 cm³/mol. The molecule has 0 aliphatic rings. The monoisotopic (exact) mass is 300 g/mol. The van der Waals surface area contributed by atoms with Crippen LogP contribution in [0.3, 0.4) is 0 Å². The molecule has 2 aromatic heterocycles. The second kappa shape index (κ2) is 6.80. The van der Waals surface area contributed by atoms with Gasteiger partial charge in [-0.1, -0.05) is 13.8 Å². The molecule has 114 valence electrons. The third kappa shape index (κ3) is 3.28. The molecule has 0 saturated carbocycles. The number of hydrogen-bond acceptors (Lipinski definition) is 3. The fourth-order valence-electron chi connectivity index (χ4n) is 1.92. The first-order chi connectivity index (χ1) is 10.6. The number of hydrogen-bond donors (Lipinski definition) is 1. The van der Waals surface area contributed by atoms with Crippen LogP contribution in [0.5, 0.6) is 0 Å². The highest BCUT2D eigenvalue weighted by atomic mass is 19.1. The van der Waals surface area contributed by atoms with Gasteiger partial charge in [-0.15, -0.1) is 0 Å². The van der Waals surface area contributed by atoms with E-state index < -0.39 is 0 Å². The number of aromatic amines is 1. The number of nitrogens with one attached hydrogen (secondary N) is 1. The molecule has 1 N–H and O–H groups in total. The Hall–Kier alpha value is -2.76. The van der Waals surface area contributed by atoms with Gasteiger partial charge in [0.25, 0.3) is 5.56 Å². The van der Waals surface area contributed by atoms with Crippen LogP contribution in [0.4, 0.5) is 4.39 Å². The number of H-pyrrole nitrogens is 1. The normalized spacial score (nSPS) is 10.0. The first-order valence-electron chi connectivity index (χ1n) is 6.99. The zero-order valence-electron chi connectivity index (χ0n) is 12.7. The second-order valence-electron chi connectivity index (χ2n) is 4.38. The Kier molecular flexibility index (Phi) is 4.83. The molecule has 0 aliphatic carbocycles. The Labute approximate surface area is 127 Å². The number of aromatic nitrogens is 4. The van der Waals surface area contributed by atoms with E-state index in [4.69, 9.17) is 0 Å². The molecule has 0 saturated heterocycles. The molecule has 3 aromatic rings. The Morgan fingerprint density at radius 1 is 1.09 bits per heavy atom. The molecule has 1 aromatic carbocycles. The van der Waals surface area contributed by atoms with Crippen molar-refractivity contribution in [3.8, 4) is 22.5 Å². The molecule has 0 radical (unpaired) electrons. The largest absolute Gasteiger partial charge is 0.275 e. The molecule has 5 nitrogen and oxygen atoms in total. The van der Waals surface area contributed by atoms with Gasteiger partial charge in [0.15, 0.2) is 0 Å². The van der Waals surface area contributed by atoms with E-state index >= 15 is 0 Å². The summed E-state index contributed by atoms with van der Waals surface area (Å²) in [5.41, 5.74) is 1.97. The van der Waals surface area contributed by atoms with Crippen LogP contribution in [-0.4, -0.2) is 20.0 Å². The van der Waals surface area contributed by atoms with E-state index in [1.807, 2.05) is 13.8 Å². The van der Waals surface area contributed by atoms with Crippen LogP contribution in [0.2, 0.25) is 0 Å². The SMILES string of the molecule is CC.Cn1ccc(-c2cc(-c3ccc(F)cc3)n[nH]c2=O)n1. The highest BCUT2D eigenvalue weighted by Gasteiger charge is 2.09. The first kappa shape index (κ1) is 15.6. The molecule has 3 rings (SSSR count). The molecular weight excluding hydrogens is 283 g/mol. The number of benzene rings is 1. The van der Waals surface area contributed by atoms with Gasteiger partial charge in [-0.25, -0.2) is 9.49 Å². The maximum absolute atomic E-state index is 12.9. The fourth-order valence-corrected chi connectivity index (χ4v) is 1.92. The zero-order chi connectivity index (χ0) is 16.1. The number of nitrogens with zero attached hydrogens (tertiary/aromatic N) is 3. The molecule has 0 fully saturated rings. The topological polar surface area (TPSA) is 63.6 Å². The van der Waals surface area contributed by atoms with Crippen LogP contribution in [0.1, 0.15) is 13.8 Å². The van der Waals surface area contributed by atoms with Crippen molar-refractivity contribution in [2.45, 2.75) is 13.8 Å². The van der Waals surface area contributed by atoms with Gasteiger partial charge in [0.05, 0.1) is 17.0 Å². The molecular formula is C16H17FN4O. The third-order valence-electron chi connectivity index (χ3n) is 2.93. The van der Waals surface area contributed by atoms with E-state index in [0.29, 0.717) is 17.0 Å². The highest BCUT2D eigenvalue weighted by Crippen LogP contribution is 2.20. The van der Waals surface area contributed by atoms with Crippen molar-refractivity contribution in [3.63, 3.8) is 0 Å². The highest BCUT2D eigenvalue weighted by molar-refractivity contribution is 5.66. The third-order valence-corrected chi connectivity index (χ3v) is 2.93. The summed E-state index contributed by atoms with van der Waals surface area (Å²) < 4.78 is 14.5. The van der Waals surface area contributed by atoms with Crippen LogP contribution < -0.4 is 5.56 Å². The van der Waals surface area contributed by atoms with Gasteiger partial charge in [-0.3, -0.25) is 9.48 Å². The van der Waals surface area contributed by atoms with E-state index in [-0.39, 0.29) is 11.4 Å². The number of aryl methyl sites for hydroxylation is 1. The maximum Gasteiger partial charge on any atom is 0.273 e. The van der Waals surface area contributed by atoms with Crippen LogP contribution in [0, 0.1) is 5.82 Å². The van der Waals surface area contributed by atoms with Gasteiger partial charge >= 0.3 is 0 Å². The molecule has 2 heterocycles. The van der Waals surface area contributed by atoms with Crippen LogP contribution in [0.25, 0.3) is 22.5 Å². The lowest BCUT2D eigenvalue weighted by molar-refractivity contribution is 0.628. The predicted octanol–water partition coefficient (Wildman–Crippen LogP) is 3.00. The maximum atomic E-state index is 12.9. The van der Waals surface area contributed by atoms with Gasteiger partial charge < -0.3 is 0 Å². The zero-order valence-corrected chi connectivity index (χ0v) is 12.7. The lowest BCUT2D eigenvalue weighted by Crippen LogP contribution is -2.11. The lowest BCUT2D eigenvalue weighted by Gasteiger charge is -2.02. The number of halogens is 1. The smallest absolute Gasteiger partial charge is 0.273 e. The standard InChI is InChI=1S/C14H11FN4O.C2H6/c1-19-7-6-12(18-19)11-8-13(16-17-14(11)20)9-2-4-10(15)5-3-9;1-2/h2-8H,1H3,(H,17,20);1-2H3. The summed E-state index contributed by atoms with van der Waals surface area (Å²) in [4.78, 5) is 11.8. The molecule has 0 bridgehead atoms. The van der Waals surface area contributed by atoms with E-state index in [2.05, 4.69) is 15.3 Å². The van der Waals surface area contributed by atoms with Gasteiger partial charge in [0.1, 0.15) is 5.82 Å². The summed E-state index contributed by atoms with van der Waals surface area (Å²) in [5, 5.41) is 10.6. The summed E-state index contributed by atoms with van der Waals surface area (Å²) >= 11 is 0. The quantitative estimate of drug-likeness (QED) is 0.791. The van der Waals surface area contributed by atoms with Crippen molar-refractivity contribution in [3.05, 3.63) is 58.8 Å². The molecule has 0 atom stereocenters. The minimum absolute atomic E-state index is 0.311. The molecule has 0 aliphatic heterocycles. The summed E-state index contributed by atoms with van der Waals surface area (Å²) in [6, 6.07) is 9.31.